The minimum Gasteiger partial charge on any atom is -0.294 e. The molecule has 112 valence electrons. The monoisotopic (exact) mass is 309 g/mol. The fourth-order valence-electron chi connectivity index (χ4n) is 2.09. The normalized spacial score (nSPS) is 13.3. The molecule has 21 heavy (non-hydrogen) atoms. The highest BCUT2D eigenvalue weighted by Gasteiger charge is 2.26. The van der Waals surface area contributed by atoms with E-state index in [0.717, 1.165) is 10.5 Å². The second-order valence-electron chi connectivity index (χ2n) is 4.39. The van der Waals surface area contributed by atoms with Crippen molar-refractivity contribution in [1.82, 2.24) is 5.43 Å². The molecule has 2 rings (SSSR count). The van der Waals surface area contributed by atoms with Crippen LogP contribution in [0.3, 0.4) is 0 Å². The third-order valence-corrected chi connectivity index (χ3v) is 3.05. The Hall–Kier alpha value is -2.18. The zero-order valence-electron chi connectivity index (χ0n) is 11.2. The first-order valence-corrected chi connectivity index (χ1v) is 6.27. The van der Waals surface area contributed by atoms with Gasteiger partial charge in [-0.1, -0.05) is 18.2 Å². The molecule has 0 atom stereocenters. The Morgan fingerprint density at radius 1 is 1.14 bits per heavy atom. The molecule has 3 N–H and O–H groups in total. The molecule has 1 aromatic carbocycles. The SMILES string of the molecule is Cl.NNC(=O)CCCc1ccccc1N1C(=O)C=CC1=O. The van der Waals surface area contributed by atoms with Crippen LogP contribution < -0.4 is 16.2 Å². The standard InChI is InChI=1S/C14H15N3O3.ClH/c15-16-12(18)7-3-5-10-4-1-2-6-11(10)17-13(19)8-9-14(17)20;/h1-2,4,6,8-9H,3,5,7,15H2,(H,16,18);1H. The number of halogens is 1. The lowest BCUT2D eigenvalue weighted by molar-refractivity contribution is -0.122. The summed E-state index contributed by atoms with van der Waals surface area (Å²) >= 11 is 0. The van der Waals surface area contributed by atoms with Crippen molar-refractivity contribution in [1.29, 1.82) is 0 Å². The van der Waals surface area contributed by atoms with Crippen molar-refractivity contribution in [2.45, 2.75) is 19.3 Å². The fourth-order valence-corrected chi connectivity index (χ4v) is 2.09. The summed E-state index contributed by atoms with van der Waals surface area (Å²) in [5.41, 5.74) is 3.49. The van der Waals surface area contributed by atoms with Crippen LogP contribution in [-0.2, 0) is 20.8 Å². The van der Waals surface area contributed by atoms with Crippen LogP contribution >= 0.6 is 12.4 Å². The van der Waals surface area contributed by atoms with Gasteiger partial charge in [-0.25, -0.2) is 10.7 Å². The molecular weight excluding hydrogens is 294 g/mol. The van der Waals surface area contributed by atoms with Crippen LogP contribution in [0.5, 0.6) is 0 Å². The number of nitrogens with one attached hydrogen (secondary N) is 1. The van der Waals surface area contributed by atoms with Crippen molar-refractivity contribution >= 4 is 35.8 Å². The van der Waals surface area contributed by atoms with Gasteiger partial charge in [-0.15, -0.1) is 12.4 Å². The molecular formula is C14H16ClN3O3. The summed E-state index contributed by atoms with van der Waals surface area (Å²) in [5, 5.41) is 0. The number of hydrazine groups is 1. The van der Waals surface area contributed by atoms with Crippen LogP contribution in [0.25, 0.3) is 0 Å². The number of nitrogens with two attached hydrogens (primary N) is 1. The van der Waals surface area contributed by atoms with Gasteiger partial charge in [0.1, 0.15) is 0 Å². The van der Waals surface area contributed by atoms with Gasteiger partial charge >= 0.3 is 0 Å². The van der Waals surface area contributed by atoms with Crippen molar-refractivity contribution in [3.05, 3.63) is 42.0 Å². The molecule has 0 fully saturated rings. The Morgan fingerprint density at radius 2 is 1.76 bits per heavy atom. The van der Waals surface area contributed by atoms with Crippen LogP contribution in [0.1, 0.15) is 18.4 Å². The Labute approximate surface area is 128 Å². The first kappa shape index (κ1) is 16.9. The number of amides is 3. The lowest BCUT2D eigenvalue weighted by Crippen LogP contribution is -2.31. The number of para-hydroxylation sites is 1. The molecule has 0 radical (unpaired) electrons. The van der Waals surface area contributed by atoms with Gasteiger partial charge in [0, 0.05) is 18.6 Å². The van der Waals surface area contributed by atoms with Gasteiger partial charge in [0.15, 0.2) is 0 Å². The van der Waals surface area contributed by atoms with E-state index in [1.165, 1.54) is 12.2 Å². The van der Waals surface area contributed by atoms with Crippen molar-refractivity contribution in [3.8, 4) is 0 Å². The summed E-state index contributed by atoms with van der Waals surface area (Å²) in [6.07, 6.45) is 3.97. The molecule has 1 aliphatic rings. The number of anilines is 1. The molecule has 1 aliphatic heterocycles. The molecule has 6 nitrogen and oxygen atoms in total. The van der Waals surface area contributed by atoms with Gasteiger partial charge in [0.2, 0.25) is 5.91 Å². The molecule has 1 aromatic rings. The highest BCUT2D eigenvalue weighted by molar-refractivity contribution is 6.28. The second kappa shape index (κ2) is 7.56. The number of hydrogen-bond donors (Lipinski definition) is 2. The lowest BCUT2D eigenvalue weighted by atomic mass is 10.0. The highest BCUT2D eigenvalue weighted by atomic mass is 35.5. The molecule has 0 aromatic heterocycles. The number of aryl methyl sites for hydroxylation is 1. The number of imide groups is 1. The Kier molecular flexibility index (Phi) is 6.08. The molecule has 0 spiro atoms. The van der Waals surface area contributed by atoms with E-state index < -0.39 is 0 Å². The van der Waals surface area contributed by atoms with Crippen molar-refractivity contribution in [2.75, 3.05) is 4.90 Å². The molecule has 7 heteroatoms. The zero-order chi connectivity index (χ0) is 14.5. The van der Waals surface area contributed by atoms with E-state index in [1.807, 2.05) is 12.1 Å². The van der Waals surface area contributed by atoms with Gasteiger partial charge in [-0.05, 0) is 24.5 Å². The van der Waals surface area contributed by atoms with Crippen molar-refractivity contribution in [2.24, 2.45) is 5.84 Å². The van der Waals surface area contributed by atoms with E-state index >= 15 is 0 Å². The van der Waals surface area contributed by atoms with Gasteiger partial charge in [-0.3, -0.25) is 19.8 Å². The number of rotatable bonds is 5. The summed E-state index contributed by atoms with van der Waals surface area (Å²) in [4.78, 5) is 35.6. The van der Waals surface area contributed by atoms with Crippen LogP contribution in [-0.4, -0.2) is 17.7 Å². The molecule has 0 unspecified atom stereocenters. The third-order valence-electron chi connectivity index (χ3n) is 3.05. The average Bonchev–Trinajstić information content (AvgIpc) is 2.78. The predicted molar refractivity (Wildman–Crippen MR) is 80.6 cm³/mol. The fraction of sp³-hybridized carbons (Fsp3) is 0.214. The summed E-state index contributed by atoms with van der Waals surface area (Å²) < 4.78 is 0. The van der Waals surface area contributed by atoms with Gasteiger partial charge in [0.25, 0.3) is 11.8 Å². The van der Waals surface area contributed by atoms with Gasteiger partial charge in [0.05, 0.1) is 5.69 Å². The Balaban J connectivity index is 0.00000220. The zero-order valence-corrected chi connectivity index (χ0v) is 12.1. The van der Waals surface area contributed by atoms with E-state index in [9.17, 15) is 14.4 Å². The summed E-state index contributed by atoms with van der Waals surface area (Å²) in [5.74, 6) is 4.08. The van der Waals surface area contributed by atoms with E-state index in [0.29, 0.717) is 24.9 Å². The topological polar surface area (TPSA) is 92.5 Å². The van der Waals surface area contributed by atoms with Crippen LogP contribution in [0, 0.1) is 0 Å². The van der Waals surface area contributed by atoms with E-state index in [4.69, 9.17) is 5.84 Å². The van der Waals surface area contributed by atoms with E-state index in [1.54, 1.807) is 12.1 Å². The highest BCUT2D eigenvalue weighted by Crippen LogP contribution is 2.25. The molecule has 0 aliphatic carbocycles. The number of nitrogens with zero attached hydrogens (tertiary/aromatic N) is 1. The minimum atomic E-state index is -0.345. The second-order valence-corrected chi connectivity index (χ2v) is 4.39. The summed E-state index contributed by atoms with van der Waals surface area (Å²) in [6.45, 7) is 0. The Bertz CT molecular complexity index is 569. The number of carbonyl (C=O) groups is 3. The molecule has 1 heterocycles. The largest absolute Gasteiger partial charge is 0.294 e. The summed E-state index contributed by atoms with van der Waals surface area (Å²) in [7, 11) is 0. The van der Waals surface area contributed by atoms with Crippen LogP contribution in [0.15, 0.2) is 36.4 Å². The first-order chi connectivity index (χ1) is 9.63. The van der Waals surface area contributed by atoms with Gasteiger partial charge < -0.3 is 0 Å². The minimum absolute atomic E-state index is 0. The average molecular weight is 310 g/mol. The first-order valence-electron chi connectivity index (χ1n) is 6.27. The smallest absolute Gasteiger partial charge is 0.258 e. The van der Waals surface area contributed by atoms with Gasteiger partial charge in [-0.2, -0.15) is 0 Å². The third kappa shape index (κ3) is 3.90. The van der Waals surface area contributed by atoms with E-state index in [2.05, 4.69) is 5.43 Å². The van der Waals surface area contributed by atoms with E-state index in [-0.39, 0.29) is 30.1 Å². The number of hydrogen-bond acceptors (Lipinski definition) is 4. The molecule has 0 saturated heterocycles. The van der Waals surface area contributed by atoms with Crippen molar-refractivity contribution in [3.63, 3.8) is 0 Å². The maximum Gasteiger partial charge on any atom is 0.258 e. The van der Waals surface area contributed by atoms with Crippen LogP contribution in [0.4, 0.5) is 5.69 Å². The maximum absolute atomic E-state index is 11.7. The lowest BCUT2D eigenvalue weighted by Gasteiger charge is -2.18. The molecule has 3 amide bonds. The van der Waals surface area contributed by atoms with Crippen LogP contribution in [0.2, 0.25) is 0 Å². The number of carbonyl (C=O) groups excluding carboxylic acids is 3. The Morgan fingerprint density at radius 3 is 2.38 bits per heavy atom. The maximum atomic E-state index is 11.7. The number of benzene rings is 1. The molecule has 0 saturated carbocycles. The molecule has 0 bridgehead atoms. The van der Waals surface area contributed by atoms with Crippen molar-refractivity contribution < 1.29 is 14.4 Å². The quantitative estimate of drug-likeness (QED) is 0.365. The summed E-state index contributed by atoms with van der Waals surface area (Å²) in [6, 6.07) is 7.17. The predicted octanol–water partition coefficient (Wildman–Crippen LogP) is 0.850.